The maximum absolute atomic E-state index is 5.12. The third kappa shape index (κ3) is 0.322. The fourth-order valence-electron chi connectivity index (χ4n) is 0.378. The van der Waals surface area contributed by atoms with E-state index in [2.05, 4.69) is 6.08 Å². The van der Waals surface area contributed by atoms with E-state index < -0.39 is 0 Å². The van der Waals surface area contributed by atoms with E-state index in [1.807, 2.05) is 6.08 Å². The molecule has 0 aliphatic heterocycles. The van der Waals surface area contributed by atoms with Crippen LogP contribution in [0.25, 0.3) is 0 Å². The molecule has 1 aliphatic carbocycles. The molecule has 0 fully saturated rings. The number of allylic oxidation sites excluding steroid dienone is 3. The quantitative estimate of drug-likeness (QED) is 0.458. The van der Waals surface area contributed by atoms with Gasteiger partial charge >= 0.3 is 0 Å². The fraction of sp³-hybridized carbons (Fsp3) is 0.200. The molecule has 0 amide bonds. The Balaban J connectivity index is 2.60. The first kappa shape index (κ1) is 3.47. The van der Waals surface area contributed by atoms with Crippen molar-refractivity contribution in [3.05, 3.63) is 23.9 Å². The van der Waals surface area contributed by atoms with Gasteiger partial charge in [-0.3, -0.25) is 0 Å². The van der Waals surface area contributed by atoms with Gasteiger partial charge in [0.25, 0.3) is 0 Å². The van der Waals surface area contributed by atoms with Gasteiger partial charge in [0.2, 0.25) is 0 Å². The van der Waals surface area contributed by atoms with Gasteiger partial charge in [-0.15, -0.1) is 0 Å². The lowest BCUT2D eigenvalue weighted by Crippen LogP contribution is -1.90. The minimum Gasteiger partial charge on any atom is -0.404 e. The molecule has 1 heteroatoms. The van der Waals surface area contributed by atoms with Crippen LogP contribution in [-0.2, 0) is 0 Å². The van der Waals surface area contributed by atoms with Crippen LogP contribution in [0.3, 0.4) is 0 Å². The average molecular weight is 81.1 g/mol. The largest absolute Gasteiger partial charge is 0.404 e. The summed E-state index contributed by atoms with van der Waals surface area (Å²) in [6.07, 6.45) is 6.80. The Hall–Kier alpha value is -0.720. The van der Waals surface area contributed by atoms with Crippen LogP contribution < -0.4 is 5.73 Å². The summed E-state index contributed by atoms with van der Waals surface area (Å²) >= 11 is 0. The summed E-state index contributed by atoms with van der Waals surface area (Å²) in [5, 5.41) is 0. The molecule has 0 radical (unpaired) electrons. The Bertz CT molecular complexity index is 101. The predicted molar refractivity (Wildman–Crippen MR) is 26.0 cm³/mol. The van der Waals surface area contributed by atoms with E-state index in [0.29, 0.717) is 0 Å². The first-order chi connectivity index (χ1) is 2.93. The van der Waals surface area contributed by atoms with E-state index >= 15 is 0 Å². The Kier molecular flexibility index (Phi) is 0.675. The van der Waals surface area contributed by atoms with Crippen LogP contribution in [0.4, 0.5) is 0 Å². The zero-order valence-corrected chi connectivity index (χ0v) is 3.52. The molecule has 0 saturated heterocycles. The summed E-state index contributed by atoms with van der Waals surface area (Å²) in [4.78, 5) is 0. The molecule has 0 aromatic carbocycles. The van der Waals surface area contributed by atoms with Crippen molar-refractivity contribution in [1.29, 1.82) is 0 Å². The SMILES string of the molecule is N/C=C1/C=CC1. The average Bonchev–Trinajstić information content (AvgIpc) is 1.31. The molecule has 0 saturated carbocycles. The molecular formula is C5H7N. The molecule has 2 N–H and O–H groups in total. The summed E-state index contributed by atoms with van der Waals surface area (Å²) < 4.78 is 0. The van der Waals surface area contributed by atoms with Crippen LogP contribution in [0.1, 0.15) is 6.42 Å². The molecule has 0 aromatic rings. The van der Waals surface area contributed by atoms with Crippen LogP contribution in [0, 0.1) is 0 Å². The Morgan fingerprint density at radius 1 is 1.83 bits per heavy atom. The van der Waals surface area contributed by atoms with E-state index in [-0.39, 0.29) is 0 Å². The number of nitrogens with two attached hydrogens (primary N) is 1. The summed E-state index contributed by atoms with van der Waals surface area (Å²) in [7, 11) is 0. The van der Waals surface area contributed by atoms with E-state index in [1.165, 1.54) is 5.57 Å². The first-order valence-corrected chi connectivity index (χ1v) is 2.01. The molecule has 0 atom stereocenters. The second-order valence-electron chi connectivity index (χ2n) is 1.35. The maximum Gasteiger partial charge on any atom is -0.00266 e. The lowest BCUT2D eigenvalue weighted by atomic mass is 10.1. The normalized spacial score (nSPS) is 24.3. The highest BCUT2D eigenvalue weighted by Gasteiger charge is 1.93. The van der Waals surface area contributed by atoms with Crippen molar-refractivity contribution in [2.45, 2.75) is 6.42 Å². The van der Waals surface area contributed by atoms with Crippen LogP contribution in [0.2, 0.25) is 0 Å². The Morgan fingerprint density at radius 3 is 2.50 bits per heavy atom. The van der Waals surface area contributed by atoms with E-state index in [1.54, 1.807) is 6.20 Å². The number of hydrogen-bond acceptors (Lipinski definition) is 1. The van der Waals surface area contributed by atoms with Gasteiger partial charge in [-0.25, -0.2) is 0 Å². The van der Waals surface area contributed by atoms with Crippen molar-refractivity contribution in [2.24, 2.45) is 5.73 Å². The summed E-state index contributed by atoms with van der Waals surface area (Å²) in [6, 6.07) is 0. The van der Waals surface area contributed by atoms with Gasteiger partial charge in [0.1, 0.15) is 0 Å². The monoisotopic (exact) mass is 81.1 g/mol. The highest BCUT2D eigenvalue weighted by atomic mass is 14.5. The van der Waals surface area contributed by atoms with Gasteiger partial charge in [0, 0.05) is 0 Å². The molecular weight excluding hydrogens is 74.1 g/mol. The molecule has 0 heterocycles. The van der Waals surface area contributed by atoms with Gasteiger partial charge in [-0.05, 0) is 18.2 Å². The van der Waals surface area contributed by atoms with Crippen molar-refractivity contribution in [3.63, 3.8) is 0 Å². The Labute approximate surface area is 37.2 Å². The van der Waals surface area contributed by atoms with Crippen molar-refractivity contribution in [3.8, 4) is 0 Å². The number of rotatable bonds is 0. The summed E-state index contributed by atoms with van der Waals surface area (Å²) in [5.41, 5.74) is 6.37. The van der Waals surface area contributed by atoms with Gasteiger partial charge in [-0.2, -0.15) is 0 Å². The molecule has 6 heavy (non-hydrogen) atoms. The fourth-order valence-corrected chi connectivity index (χ4v) is 0.378. The zero-order valence-electron chi connectivity index (χ0n) is 3.52. The molecule has 1 aliphatic rings. The minimum atomic E-state index is 1.07. The maximum atomic E-state index is 5.12. The molecule has 1 rings (SSSR count). The molecule has 0 aromatic heterocycles. The Morgan fingerprint density at radius 2 is 2.50 bits per heavy atom. The van der Waals surface area contributed by atoms with Gasteiger partial charge in [0.05, 0.1) is 0 Å². The lowest BCUT2D eigenvalue weighted by molar-refractivity contribution is 1.17. The molecule has 0 unspecified atom stereocenters. The first-order valence-electron chi connectivity index (χ1n) is 2.01. The van der Waals surface area contributed by atoms with Gasteiger partial charge in [-0.1, -0.05) is 12.2 Å². The van der Waals surface area contributed by atoms with E-state index in [0.717, 1.165) is 6.42 Å². The third-order valence-corrected chi connectivity index (χ3v) is 0.900. The highest BCUT2D eigenvalue weighted by Crippen LogP contribution is 2.11. The molecule has 32 valence electrons. The van der Waals surface area contributed by atoms with Crippen LogP contribution >= 0.6 is 0 Å². The zero-order chi connectivity index (χ0) is 4.41. The number of hydrogen-bond donors (Lipinski definition) is 1. The van der Waals surface area contributed by atoms with Gasteiger partial charge < -0.3 is 5.73 Å². The predicted octanol–water partition coefficient (Wildman–Crippen LogP) is 0.789. The second-order valence-corrected chi connectivity index (χ2v) is 1.35. The van der Waals surface area contributed by atoms with Crippen molar-refractivity contribution in [1.82, 2.24) is 0 Å². The van der Waals surface area contributed by atoms with Gasteiger partial charge in [0.15, 0.2) is 0 Å². The lowest BCUT2D eigenvalue weighted by Gasteiger charge is -2.02. The summed E-state index contributed by atoms with van der Waals surface area (Å²) in [6.45, 7) is 0. The minimum absolute atomic E-state index is 1.07. The van der Waals surface area contributed by atoms with Crippen LogP contribution in [-0.4, -0.2) is 0 Å². The smallest absolute Gasteiger partial charge is 0.00266 e. The van der Waals surface area contributed by atoms with Crippen molar-refractivity contribution < 1.29 is 0 Å². The molecule has 0 bridgehead atoms. The topological polar surface area (TPSA) is 26.0 Å². The molecule has 0 spiro atoms. The van der Waals surface area contributed by atoms with Crippen LogP contribution in [0.5, 0.6) is 0 Å². The summed E-state index contributed by atoms with van der Waals surface area (Å²) in [5.74, 6) is 0. The second kappa shape index (κ2) is 1.17. The standard InChI is InChI=1S/C5H7N/c6-4-5-2-1-3-5/h1-2,4H,3,6H2/b5-4-. The highest BCUT2D eigenvalue weighted by molar-refractivity contribution is 5.29. The third-order valence-electron chi connectivity index (χ3n) is 0.900. The van der Waals surface area contributed by atoms with Crippen LogP contribution in [0.15, 0.2) is 23.9 Å². The molecule has 1 nitrogen and oxygen atoms in total. The van der Waals surface area contributed by atoms with Crippen molar-refractivity contribution >= 4 is 0 Å². The van der Waals surface area contributed by atoms with E-state index in [4.69, 9.17) is 5.73 Å². The van der Waals surface area contributed by atoms with E-state index in [9.17, 15) is 0 Å². The van der Waals surface area contributed by atoms with Crippen molar-refractivity contribution in [2.75, 3.05) is 0 Å².